The zero-order valence-corrected chi connectivity index (χ0v) is 14.0. The first kappa shape index (κ1) is 15.8. The first-order valence-electron chi connectivity index (χ1n) is 3.11. The van der Waals surface area contributed by atoms with E-state index in [1.54, 1.807) is 12.1 Å². The van der Waals surface area contributed by atoms with Gasteiger partial charge in [-0.05, 0) is 12.1 Å². The van der Waals surface area contributed by atoms with Gasteiger partial charge in [-0.2, -0.15) is 0 Å². The molecule has 13 heavy (non-hydrogen) atoms. The molecule has 2 N–H and O–H groups in total. The van der Waals surface area contributed by atoms with E-state index < -0.39 is 12.0 Å². The standard InChI is InChI=1S/C7H8NO2S.ClH.Hg/c8-6(7(9)10)4-5-2-1-3-11-5;;/h1-2,6H,4,8H2,(H,9,10);1H;/q;;+1/p-1/t6-;;/m0../s1. The van der Waals surface area contributed by atoms with Gasteiger partial charge in [-0.3, -0.25) is 0 Å². The summed E-state index contributed by atoms with van der Waals surface area (Å²) in [4.78, 5) is 11.1. The van der Waals surface area contributed by atoms with Crippen molar-refractivity contribution in [3.05, 3.63) is 22.4 Å². The number of hydrogen-bond donors (Lipinski definition) is 1. The van der Waals surface area contributed by atoms with Crippen LogP contribution in [0, 0.1) is 5.38 Å². The number of thiophene rings is 1. The van der Waals surface area contributed by atoms with E-state index in [-0.39, 0.29) is 40.1 Å². The van der Waals surface area contributed by atoms with Crippen molar-refractivity contribution in [2.75, 3.05) is 0 Å². The van der Waals surface area contributed by atoms with Crippen molar-refractivity contribution in [2.24, 2.45) is 5.73 Å². The van der Waals surface area contributed by atoms with Crippen LogP contribution in [0.15, 0.2) is 12.1 Å². The number of nitrogens with two attached hydrogens (primary N) is 1. The van der Waals surface area contributed by atoms with Gasteiger partial charge < -0.3 is 15.6 Å². The molecule has 0 fully saturated rings. The molecular weight excluding hydrogens is 398 g/mol. The van der Waals surface area contributed by atoms with Gasteiger partial charge in [0.25, 0.3) is 0 Å². The predicted octanol–water partition coefficient (Wildman–Crippen LogP) is -0.413. The SMILES string of the molecule is Cl.N[C@@H](Cc1cc[c]s1)C(=O)[O-].[Hg+]. The number of rotatable bonds is 3. The Balaban J connectivity index is 0. The molecule has 6 heteroatoms. The van der Waals surface area contributed by atoms with Crippen molar-refractivity contribution in [1.82, 2.24) is 0 Å². The average Bonchev–Trinajstić information content (AvgIpc) is 2.39. The van der Waals surface area contributed by atoms with Crippen LogP contribution >= 0.6 is 23.7 Å². The van der Waals surface area contributed by atoms with Crippen LogP contribution in [0.4, 0.5) is 0 Å². The van der Waals surface area contributed by atoms with Crippen molar-refractivity contribution < 1.29 is 37.6 Å². The van der Waals surface area contributed by atoms with Crippen molar-refractivity contribution in [1.29, 1.82) is 0 Å². The maximum absolute atomic E-state index is 10.2. The van der Waals surface area contributed by atoms with Crippen LogP contribution in [0.5, 0.6) is 0 Å². The van der Waals surface area contributed by atoms with Crippen molar-refractivity contribution in [3.63, 3.8) is 0 Å². The third-order valence-electron chi connectivity index (χ3n) is 1.25. The minimum Gasteiger partial charge on any atom is -0.548 e. The fourth-order valence-electron chi connectivity index (χ4n) is 0.680. The number of hydrogen-bond acceptors (Lipinski definition) is 4. The maximum Gasteiger partial charge on any atom is 1.00 e. The Morgan fingerprint density at radius 3 is 2.77 bits per heavy atom. The number of carboxylic acid groups (broad SMARTS) is 1. The molecule has 1 aromatic heterocycles. The van der Waals surface area contributed by atoms with E-state index in [4.69, 9.17) is 5.73 Å². The minimum atomic E-state index is -1.21. The van der Waals surface area contributed by atoms with Gasteiger partial charge in [-0.1, -0.05) is 0 Å². The summed E-state index contributed by atoms with van der Waals surface area (Å²) >= 11 is 1.37. The minimum absolute atomic E-state index is 0. The van der Waals surface area contributed by atoms with E-state index in [1.807, 2.05) is 0 Å². The van der Waals surface area contributed by atoms with Crippen LogP contribution in [0.2, 0.25) is 0 Å². The van der Waals surface area contributed by atoms with Crippen LogP contribution < -0.4 is 10.8 Å². The molecule has 0 bridgehead atoms. The Morgan fingerprint density at radius 1 is 1.77 bits per heavy atom. The molecule has 1 aromatic rings. The average molecular weight is 406 g/mol. The molecule has 0 aliphatic carbocycles. The largest absolute Gasteiger partial charge is 1.00 e. The van der Waals surface area contributed by atoms with Gasteiger partial charge in [0.2, 0.25) is 0 Å². The van der Waals surface area contributed by atoms with Gasteiger partial charge in [-0.25, -0.2) is 0 Å². The smallest absolute Gasteiger partial charge is 0.548 e. The maximum atomic E-state index is 10.2. The zero-order valence-electron chi connectivity index (χ0n) is 6.86. The van der Waals surface area contributed by atoms with Gasteiger partial charge in [0, 0.05) is 22.7 Å². The molecule has 0 aliphatic rings. The summed E-state index contributed by atoms with van der Waals surface area (Å²) < 4.78 is 0. The van der Waals surface area contributed by atoms with Gasteiger partial charge >= 0.3 is 27.7 Å². The van der Waals surface area contributed by atoms with Gasteiger partial charge in [0.1, 0.15) is 0 Å². The fraction of sp³-hybridized carbons (Fsp3) is 0.286. The molecule has 0 saturated heterocycles. The molecular formula is C7H8ClHgNO2S. The van der Waals surface area contributed by atoms with E-state index in [0.29, 0.717) is 6.42 Å². The molecule has 0 spiro atoms. The van der Waals surface area contributed by atoms with Crippen LogP contribution in [-0.2, 0) is 38.9 Å². The second-order valence-electron chi connectivity index (χ2n) is 2.15. The van der Waals surface area contributed by atoms with Gasteiger partial charge in [0.15, 0.2) is 0 Å². The van der Waals surface area contributed by atoms with Gasteiger partial charge in [-0.15, -0.1) is 23.7 Å². The predicted molar refractivity (Wildman–Crippen MR) is 47.1 cm³/mol. The second kappa shape index (κ2) is 7.73. The van der Waals surface area contributed by atoms with Crippen molar-refractivity contribution in [2.45, 2.75) is 12.5 Å². The molecule has 1 heterocycles. The van der Waals surface area contributed by atoms with E-state index in [1.165, 1.54) is 11.3 Å². The first-order valence-corrected chi connectivity index (χ1v) is 3.93. The molecule has 3 nitrogen and oxygen atoms in total. The third-order valence-corrected chi connectivity index (χ3v) is 2.07. The normalized spacial score (nSPS) is 10.8. The zero-order chi connectivity index (χ0) is 8.27. The monoisotopic (exact) mass is 407 g/mol. The summed E-state index contributed by atoms with van der Waals surface area (Å²) in [7, 11) is 0. The quantitative estimate of drug-likeness (QED) is 0.695. The van der Waals surface area contributed by atoms with E-state index in [0.717, 1.165) is 4.88 Å². The Morgan fingerprint density at radius 2 is 2.38 bits per heavy atom. The molecule has 0 unspecified atom stereocenters. The van der Waals surface area contributed by atoms with Crippen molar-refractivity contribution >= 4 is 29.7 Å². The first-order chi connectivity index (χ1) is 5.20. The topological polar surface area (TPSA) is 66.2 Å². The van der Waals surface area contributed by atoms with Crippen LogP contribution in [-0.4, -0.2) is 12.0 Å². The summed E-state index contributed by atoms with van der Waals surface area (Å²) in [6, 6.07) is 2.64. The third kappa shape index (κ3) is 5.62. The number of aliphatic carboxylic acids is 1. The molecule has 0 aliphatic heterocycles. The molecule has 0 aromatic carbocycles. The van der Waals surface area contributed by atoms with Gasteiger partial charge in [0.05, 0.1) is 5.97 Å². The number of halogens is 1. The van der Waals surface area contributed by atoms with Crippen LogP contribution in [0.3, 0.4) is 0 Å². The molecule has 1 rings (SSSR count). The molecule has 2 radical (unpaired) electrons. The van der Waals surface area contributed by atoms with E-state index >= 15 is 0 Å². The Hall–Kier alpha value is 0.355. The Labute approximate surface area is 107 Å². The number of carbonyl (C=O) groups is 1. The molecule has 0 amide bonds. The fourth-order valence-corrected chi connectivity index (χ4v) is 1.37. The van der Waals surface area contributed by atoms with E-state index in [9.17, 15) is 9.90 Å². The van der Waals surface area contributed by atoms with Crippen LogP contribution in [0.1, 0.15) is 4.88 Å². The summed E-state index contributed by atoms with van der Waals surface area (Å²) in [5.41, 5.74) is 5.24. The number of carbonyl (C=O) groups excluding carboxylic acids is 1. The second-order valence-corrected chi connectivity index (χ2v) is 3.11. The molecule has 0 saturated carbocycles. The summed E-state index contributed by atoms with van der Waals surface area (Å²) in [5.74, 6) is -1.21. The summed E-state index contributed by atoms with van der Waals surface area (Å²) in [6.07, 6.45) is 0.330. The van der Waals surface area contributed by atoms with Crippen molar-refractivity contribution in [3.8, 4) is 0 Å². The van der Waals surface area contributed by atoms with Crippen LogP contribution in [0.25, 0.3) is 0 Å². The van der Waals surface area contributed by atoms with E-state index in [2.05, 4.69) is 5.38 Å². The Bertz CT molecular complexity index is 243. The number of carboxylic acids is 1. The Kier molecular flexibility index (Phi) is 9.40. The molecule has 68 valence electrons. The summed E-state index contributed by atoms with van der Waals surface area (Å²) in [5, 5.41) is 13.0. The molecule has 1 atom stereocenters. The summed E-state index contributed by atoms with van der Waals surface area (Å²) in [6.45, 7) is 0.